The molecule has 3 nitrogen and oxygen atoms in total. The van der Waals surface area contributed by atoms with Crippen LogP contribution in [0.3, 0.4) is 0 Å². The molecule has 4 heteroatoms. The molecule has 0 aliphatic carbocycles. The van der Waals surface area contributed by atoms with Gasteiger partial charge in [0.05, 0.1) is 0 Å². The number of anilines is 1. The standard InChI is InChI=1S/C17H28ClN3/c1-4-19-12-14-11-15(18)7-8-17(14)21-10-9-16(13-21)20(5-2)6-3/h7-8,11,16,19H,4-6,9-10,12-13H2,1-3H3. The van der Waals surface area contributed by atoms with Crippen LogP contribution in [0.25, 0.3) is 0 Å². The van der Waals surface area contributed by atoms with Gasteiger partial charge in [0.15, 0.2) is 0 Å². The average Bonchev–Trinajstić information content (AvgIpc) is 2.96. The molecule has 2 rings (SSSR count). The first-order valence-electron chi connectivity index (χ1n) is 8.17. The molecule has 1 saturated heterocycles. The van der Waals surface area contributed by atoms with Gasteiger partial charge in [0.25, 0.3) is 0 Å². The fraction of sp³-hybridized carbons (Fsp3) is 0.647. The highest BCUT2D eigenvalue weighted by Crippen LogP contribution is 2.28. The minimum Gasteiger partial charge on any atom is -0.370 e. The smallest absolute Gasteiger partial charge is 0.0413 e. The Labute approximate surface area is 134 Å². The Morgan fingerprint density at radius 2 is 2.05 bits per heavy atom. The summed E-state index contributed by atoms with van der Waals surface area (Å²) in [6, 6.07) is 6.98. The number of hydrogen-bond acceptors (Lipinski definition) is 3. The van der Waals surface area contributed by atoms with Crippen molar-refractivity contribution in [3.05, 3.63) is 28.8 Å². The summed E-state index contributed by atoms with van der Waals surface area (Å²) in [5.41, 5.74) is 2.65. The third kappa shape index (κ3) is 4.12. The number of nitrogens with one attached hydrogen (secondary N) is 1. The fourth-order valence-corrected chi connectivity index (χ4v) is 3.46. The quantitative estimate of drug-likeness (QED) is 0.833. The highest BCUT2D eigenvalue weighted by atomic mass is 35.5. The van der Waals surface area contributed by atoms with Gasteiger partial charge in [0.1, 0.15) is 0 Å². The molecule has 1 aliphatic rings. The summed E-state index contributed by atoms with van der Waals surface area (Å²) in [7, 11) is 0. The Bertz CT molecular complexity index is 446. The van der Waals surface area contributed by atoms with E-state index in [1.807, 2.05) is 6.07 Å². The summed E-state index contributed by atoms with van der Waals surface area (Å²) < 4.78 is 0. The Morgan fingerprint density at radius 1 is 1.29 bits per heavy atom. The minimum atomic E-state index is 0.683. The van der Waals surface area contributed by atoms with E-state index in [2.05, 4.69) is 48.0 Å². The van der Waals surface area contributed by atoms with Crippen molar-refractivity contribution in [1.29, 1.82) is 0 Å². The van der Waals surface area contributed by atoms with Crippen molar-refractivity contribution >= 4 is 17.3 Å². The van der Waals surface area contributed by atoms with Gasteiger partial charge >= 0.3 is 0 Å². The van der Waals surface area contributed by atoms with E-state index < -0.39 is 0 Å². The summed E-state index contributed by atoms with van der Waals surface area (Å²) in [6.07, 6.45) is 1.25. The van der Waals surface area contributed by atoms with Crippen molar-refractivity contribution in [2.75, 3.05) is 37.6 Å². The average molecular weight is 310 g/mol. The monoisotopic (exact) mass is 309 g/mol. The third-order valence-electron chi connectivity index (χ3n) is 4.44. The van der Waals surface area contributed by atoms with E-state index in [4.69, 9.17) is 11.6 Å². The van der Waals surface area contributed by atoms with Crippen molar-refractivity contribution in [1.82, 2.24) is 10.2 Å². The van der Waals surface area contributed by atoms with E-state index in [9.17, 15) is 0 Å². The zero-order chi connectivity index (χ0) is 15.2. The van der Waals surface area contributed by atoms with Gasteiger partial charge in [-0.2, -0.15) is 0 Å². The number of hydrogen-bond donors (Lipinski definition) is 1. The summed E-state index contributed by atoms with van der Waals surface area (Å²) in [4.78, 5) is 5.09. The van der Waals surface area contributed by atoms with Crippen LogP contribution in [0.2, 0.25) is 5.02 Å². The van der Waals surface area contributed by atoms with E-state index >= 15 is 0 Å². The molecule has 0 spiro atoms. The van der Waals surface area contributed by atoms with E-state index in [1.54, 1.807) is 0 Å². The second kappa shape index (κ2) is 8.02. The van der Waals surface area contributed by atoms with Crippen LogP contribution in [0.4, 0.5) is 5.69 Å². The first kappa shape index (κ1) is 16.6. The van der Waals surface area contributed by atoms with Gasteiger partial charge in [-0.3, -0.25) is 4.90 Å². The minimum absolute atomic E-state index is 0.683. The first-order valence-corrected chi connectivity index (χ1v) is 8.55. The number of benzene rings is 1. The summed E-state index contributed by atoms with van der Waals surface area (Å²) in [6.45, 7) is 13.1. The van der Waals surface area contributed by atoms with E-state index in [0.29, 0.717) is 6.04 Å². The first-order chi connectivity index (χ1) is 10.2. The Balaban J connectivity index is 2.11. The van der Waals surface area contributed by atoms with E-state index in [1.165, 1.54) is 17.7 Å². The molecule has 0 aromatic heterocycles. The van der Waals surface area contributed by atoms with Crippen molar-refractivity contribution in [2.45, 2.75) is 39.8 Å². The maximum atomic E-state index is 6.17. The van der Waals surface area contributed by atoms with Crippen molar-refractivity contribution in [3.63, 3.8) is 0 Å². The summed E-state index contributed by atoms with van der Waals surface area (Å²) >= 11 is 6.17. The van der Waals surface area contributed by atoms with Crippen LogP contribution in [0, 0.1) is 0 Å². The van der Waals surface area contributed by atoms with Gasteiger partial charge in [0, 0.05) is 36.4 Å². The van der Waals surface area contributed by atoms with Crippen molar-refractivity contribution < 1.29 is 0 Å². The van der Waals surface area contributed by atoms with Crippen LogP contribution in [0.15, 0.2) is 18.2 Å². The molecule has 21 heavy (non-hydrogen) atoms. The summed E-state index contributed by atoms with van der Waals surface area (Å²) in [5.74, 6) is 0. The largest absolute Gasteiger partial charge is 0.370 e. The zero-order valence-corrected chi connectivity index (χ0v) is 14.3. The SMILES string of the molecule is CCNCc1cc(Cl)ccc1N1CCC(N(CC)CC)C1. The lowest BCUT2D eigenvalue weighted by Crippen LogP contribution is -2.37. The highest BCUT2D eigenvalue weighted by molar-refractivity contribution is 6.30. The lowest BCUT2D eigenvalue weighted by molar-refractivity contribution is 0.232. The second-order valence-corrected chi connectivity index (χ2v) is 6.10. The third-order valence-corrected chi connectivity index (χ3v) is 4.67. The van der Waals surface area contributed by atoms with Crippen LogP contribution >= 0.6 is 11.6 Å². The Morgan fingerprint density at radius 3 is 2.71 bits per heavy atom. The maximum absolute atomic E-state index is 6.17. The normalized spacial score (nSPS) is 18.7. The molecule has 118 valence electrons. The molecule has 1 N–H and O–H groups in total. The predicted octanol–water partition coefficient (Wildman–Crippen LogP) is 3.37. The molecule has 1 heterocycles. The van der Waals surface area contributed by atoms with Gasteiger partial charge < -0.3 is 10.2 Å². The summed E-state index contributed by atoms with van der Waals surface area (Å²) in [5, 5.41) is 4.24. The molecule has 0 amide bonds. The predicted molar refractivity (Wildman–Crippen MR) is 92.4 cm³/mol. The van der Waals surface area contributed by atoms with Gasteiger partial charge in [-0.05, 0) is 49.8 Å². The molecule has 0 saturated carbocycles. The Kier molecular flexibility index (Phi) is 6.34. The zero-order valence-electron chi connectivity index (χ0n) is 13.5. The topological polar surface area (TPSA) is 18.5 Å². The lowest BCUT2D eigenvalue weighted by atomic mass is 10.1. The second-order valence-electron chi connectivity index (χ2n) is 5.66. The van der Waals surface area contributed by atoms with Crippen LogP contribution in [-0.2, 0) is 6.54 Å². The molecular weight excluding hydrogens is 282 g/mol. The van der Waals surface area contributed by atoms with Crippen LogP contribution in [0.1, 0.15) is 32.8 Å². The molecule has 0 bridgehead atoms. The molecule has 1 aliphatic heterocycles. The number of rotatable bonds is 7. The maximum Gasteiger partial charge on any atom is 0.0413 e. The van der Waals surface area contributed by atoms with Crippen molar-refractivity contribution in [2.24, 2.45) is 0 Å². The van der Waals surface area contributed by atoms with Gasteiger partial charge in [0.2, 0.25) is 0 Å². The van der Waals surface area contributed by atoms with Gasteiger partial charge in [-0.15, -0.1) is 0 Å². The molecule has 1 fully saturated rings. The van der Waals surface area contributed by atoms with E-state index in [-0.39, 0.29) is 0 Å². The molecule has 1 aromatic rings. The number of nitrogens with zero attached hydrogens (tertiary/aromatic N) is 2. The van der Waals surface area contributed by atoms with E-state index in [0.717, 1.165) is 44.3 Å². The fourth-order valence-electron chi connectivity index (χ4n) is 3.26. The van der Waals surface area contributed by atoms with Crippen molar-refractivity contribution in [3.8, 4) is 0 Å². The van der Waals surface area contributed by atoms with Crippen LogP contribution in [-0.4, -0.2) is 43.7 Å². The molecule has 0 radical (unpaired) electrons. The molecule has 1 unspecified atom stereocenters. The number of likely N-dealkylation sites (N-methyl/N-ethyl adjacent to an activating group) is 1. The Hall–Kier alpha value is -0.770. The molecule has 1 aromatic carbocycles. The van der Waals surface area contributed by atoms with Gasteiger partial charge in [-0.1, -0.05) is 32.4 Å². The molecular formula is C17H28ClN3. The molecule has 1 atom stereocenters. The number of halogens is 1. The van der Waals surface area contributed by atoms with Gasteiger partial charge in [-0.25, -0.2) is 0 Å². The highest BCUT2D eigenvalue weighted by Gasteiger charge is 2.27. The van der Waals surface area contributed by atoms with Crippen LogP contribution < -0.4 is 10.2 Å². The lowest BCUT2D eigenvalue weighted by Gasteiger charge is -2.27. The van der Waals surface area contributed by atoms with Crippen LogP contribution in [0.5, 0.6) is 0 Å².